The highest BCUT2D eigenvalue weighted by atomic mass is 16.5. The molecule has 0 bridgehead atoms. The standard InChI is InChI=1S/C25H33N3O3/c1-18(2)17-31-23-14-7-6-13-22(23)28-24(29)16-26-21-12-8-9-19(15-21)25(30)27-20-10-4-3-5-11-20/h6-9,12-15,18,20,26H,3-5,10-11,16-17H2,1-2H3,(H,27,30)(H,28,29). The second kappa shape index (κ2) is 11.4. The maximum absolute atomic E-state index is 12.6. The van der Waals surface area contributed by atoms with E-state index >= 15 is 0 Å². The van der Waals surface area contributed by atoms with Gasteiger partial charge in [0.25, 0.3) is 5.91 Å². The van der Waals surface area contributed by atoms with Crippen LogP contribution in [0.1, 0.15) is 56.3 Å². The van der Waals surface area contributed by atoms with Gasteiger partial charge < -0.3 is 20.7 Å². The van der Waals surface area contributed by atoms with Crippen LogP contribution in [0, 0.1) is 5.92 Å². The molecule has 6 heteroatoms. The Hall–Kier alpha value is -3.02. The second-order valence-corrected chi connectivity index (χ2v) is 8.49. The highest BCUT2D eigenvalue weighted by Gasteiger charge is 2.17. The lowest BCUT2D eigenvalue weighted by Gasteiger charge is -2.22. The van der Waals surface area contributed by atoms with E-state index in [4.69, 9.17) is 4.74 Å². The third-order valence-electron chi connectivity index (χ3n) is 5.25. The van der Waals surface area contributed by atoms with Crippen molar-refractivity contribution in [1.29, 1.82) is 0 Å². The Bertz CT molecular complexity index is 876. The molecule has 0 aliphatic heterocycles. The minimum atomic E-state index is -0.183. The van der Waals surface area contributed by atoms with Crippen molar-refractivity contribution >= 4 is 23.2 Å². The Kier molecular flexibility index (Phi) is 8.33. The summed E-state index contributed by atoms with van der Waals surface area (Å²) >= 11 is 0. The Morgan fingerprint density at radius 1 is 1.03 bits per heavy atom. The topological polar surface area (TPSA) is 79.5 Å². The number of amides is 2. The molecule has 0 saturated heterocycles. The lowest BCUT2D eigenvalue weighted by atomic mass is 9.95. The summed E-state index contributed by atoms with van der Waals surface area (Å²) < 4.78 is 5.79. The zero-order chi connectivity index (χ0) is 22.1. The summed E-state index contributed by atoms with van der Waals surface area (Å²) in [7, 11) is 0. The first-order valence-electron chi connectivity index (χ1n) is 11.2. The molecule has 1 aliphatic carbocycles. The smallest absolute Gasteiger partial charge is 0.251 e. The van der Waals surface area contributed by atoms with Crippen molar-refractivity contribution in [2.45, 2.75) is 52.0 Å². The van der Waals surface area contributed by atoms with Crippen LogP contribution in [-0.4, -0.2) is 31.0 Å². The van der Waals surface area contributed by atoms with Gasteiger partial charge in [-0.25, -0.2) is 0 Å². The molecular formula is C25H33N3O3. The van der Waals surface area contributed by atoms with Crippen LogP contribution in [-0.2, 0) is 4.79 Å². The van der Waals surface area contributed by atoms with E-state index in [1.807, 2.05) is 36.4 Å². The van der Waals surface area contributed by atoms with E-state index in [1.165, 1.54) is 19.3 Å². The van der Waals surface area contributed by atoms with Crippen molar-refractivity contribution in [3.63, 3.8) is 0 Å². The second-order valence-electron chi connectivity index (χ2n) is 8.49. The average molecular weight is 424 g/mol. The fourth-order valence-corrected chi connectivity index (χ4v) is 3.62. The first-order chi connectivity index (χ1) is 15.0. The van der Waals surface area contributed by atoms with Crippen molar-refractivity contribution < 1.29 is 14.3 Å². The van der Waals surface area contributed by atoms with Gasteiger partial charge in [-0.15, -0.1) is 0 Å². The van der Waals surface area contributed by atoms with Crippen LogP contribution in [0.25, 0.3) is 0 Å². The van der Waals surface area contributed by atoms with Gasteiger partial charge in [-0.3, -0.25) is 9.59 Å². The molecular weight excluding hydrogens is 390 g/mol. The molecule has 0 radical (unpaired) electrons. The lowest BCUT2D eigenvalue weighted by molar-refractivity contribution is -0.114. The highest BCUT2D eigenvalue weighted by Crippen LogP contribution is 2.24. The number of carbonyl (C=O) groups is 2. The van der Waals surface area contributed by atoms with Crippen LogP contribution in [0.4, 0.5) is 11.4 Å². The number of anilines is 2. The minimum Gasteiger partial charge on any atom is -0.491 e. The van der Waals surface area contributed by atoms with Gasteiger partial charge in [-0.1, -0.05) is 51.3 Å². The van der Waals surface area contributed by atoms with Gasteiger partial charge >= 0.3 is 0 Å². The van der Waals surface area contributed by atoms with Gasteiger partial charge in [-0.2, -0.15) is 0 Å². The number of carbonyl (C=O) groups excluding carboxylic acids is 2. The number of hydrogen-bond acceptors (Lipinski definition) is 4. The van der Waals surface area contributed by atoms with Gasteiger partial charge in [0.1, 0.15) is 5.75 Å². The van der Waals surface area contributed by atoms with Crippen molar-refractivity contribution in [2.24, 2.45) is 5.92 Å². The Balaban J connectivity index is 1.52. The summed E-state index contributed by atoms with van der Waals surface area (Å²) in [5.41, 5.74) is 1.98. The molecule has 31 heavy (non-hydrogen) atoms. The molecule has 166 valence electrons. The Labute approximate surface area is 184 Å². The summed E-state index contributed by atoms with van der Waals surface area (Å²) in [5, 5.41) is 9.12. The van der Waals surface area contributed by atoms with Gasteiger partial charge in [0.2, 0.25) is 5.91 Å². The number of nitrogens with one attached hydrogen (secondary N) is 3. The van der Waals surface area contributed by atoms with Crippen LogP contribution < -0.4 is 20.7 Å². The number of ether oxygens (including phenoxy) is 1. The zero-order valence-electron chi connectivity index (χ0n) is 18.4. The maximum Gasteiger partial charge on any atom is 0.251 e. The summed E-state index contributed by atoms with van der Waals surface area (Å²) in [4.78, 5) is 25.0. The predicted molar refractivity (Wildman–Crippen MR) is 125 cm³/mol. The molecule has 0 heterocycles. The first-order valence-corrected chi connectivity index (χ1v) is 11.2. The van der Waals surface area contributed by atoms with Crippen molar-refractivity contribution in [3.8, 4) is 5.75 Å². The highest BCUT2D eigenvalue weighted by molar-refractivity contribution is 5.96. The minimum absolute atomic E-state index is 0.0590. The first kappa shape index (κ1) is 22.7. The molecule has 3 rings (SSSR count). The SMILES string of the molecule is CC(C)COc1ccccc1NC(=O)CNc1cccc(C(=O)NC2CCCCC2)c1. The van der Waals surface area contributed by atoms with Crippen molar-refractivity contribution in [2.75, 3.05) is 23.8 Å². The summed E-state index contributed by atoms with van der Waals surface area (Å²) in [6.45, 7) is 4.83. The molecule has 0 atom stereocenters. The molecule has 1 aliphatic rings. The monoisotopic (exact) mass is 423 g/mol. The molecule has 1 saturated carbocycles. The lowest BCUT2D eigenvalue weighted by Crippen LogP contribution is -2.36. The molecule has 0 aromatic heterocycles. The van der Waals surface area contributed by atoms with E-state index in [1.54, 1.807) is 12.1 Å². The van der Waals surface area contributed by atoms with Crippen molar-refractivity contribution in [3.05, 3.63) is 54.1 Å². The number of rotatable bonds is 9. The van der Waals surface area contributed by atoms with E-state index in [0.29, 0.717) is 29.5 Å². The molecule has 2 aromatic carbocycles. The van der Waals surface area contributed by atoms with E-state index in [-0.39, 0.29) is 24.4 Å². The van der Waals surface area contributed by atoms with E-state index in [9.17, 15) is 9.59 Å². The predicted octanol–water partition coefficient (Wildman–Crippen LogP) is 4.83. The molecule has 2 amide bonds. The van der Waals surface area contributed by atoms with Crippen molar-refractivity contribution in [1.82, 2.24) is 5.32 Å². The average Bonchev–Trinajstić information content (AvgIpc) is 2.78. The molecule has 1 fully saturated rings. The molecule has 0 spiro atoms. The fourth-order valence-electron chi connectivity index (χ4n) is 3.62. The van der Waals surface area contributed by atoms with Crippen LogP contribution in [0.15, 0.2) is 48.5 Å². The quantitative estimate of drug-likeness (QED) is 0.539. The third-order valence-corrected chi connectivity index (χ3v) is 5.25. The van der Waals surface area contributed by atoms with Gasteiger partial charge in [0, 0.05) is 17.3 Å². The zero-order valence-corrected chi connectivity index (χ0v) is 18.4. The summed E-state index contributed by atoms with van der Waals surface area (Å²) in [6, 6.07) is 14.9. The maximum atomic E-state index is 12.6. The van der Waals surface area contributed by atoms with E-state index in [2.05, 4.69) is 29.8 Å². The van der Waals surface area contributed by atoms with Crippen LogP contribution >= 0.6 is 0 Å². The number of hydrogen-bond donors (Lipinski definition) is 3. The van der Waals surface area contributed by atoms with E-state index in [0.717, 1.165) is 18.5 Å². The van der Waals surface area contributed by atoms with E-state index < -0.39 is 0 Å². The summed E-state index contributed by atoms with van der Waals surface area (Å²) in [6.07, 6.45) is 5.70. The molecule has 6 nitrogen and oxygen atoms in total. The normalized spacial score (nSPS) is 14.2. The Morgan fingerprint density at radius 3 is 2.58 bits per heavy atom. The number of para-hydroxylation sites is 2. The van der Waals surface area contributed by atoms with Gasteiger partial charge in [0.05, 0.1) is 18.8 Å². The molecule has 2 aromatic rings. The molecule has 0 unspecified atom stereocenters. The van der Waals surface area contributed by atoms with Crippen LogP contribution in [0.3, 0.4) is 0 Å². The van der Waals surface area contributed by atoms with Crippen LogP contribution in [0.5, 0.6) is 5.75 Å². The van der Waals surface area contributed by atoms with Crippen LogP contribution in [0.2, 0.25) is 0 Å². The van der Waals surface area contributed by atoms with Gasteiger partial charge in [-0.05, 0) is 49.1 Å². The molecule has 3 N–H and O–H groups in total. The fraction of sp³-hybridized carbons (Fsp3) is 0.440. The largest absolute Gasteiger partial charge is 0.491 e. The van der Waals surface area contributed by atoms with Gasteiger partial charge in [0.15, 0.2) is 0 Å². The third kappa shape index (κ3) is 7.31. The summed E-state index contributed by atoms with van der Waals surface area (Å²) in [5.74, 6) is 0.813. The number of benzene rings is 2. The Morgan fingerprint density at radius 2 is 1.81 bits per heavy atom.